The molecule has 1 N–H and O–H groups in total. The fraction of sp³-hybridized carbons (Fsp3) is 0.355. The number of rotatable bonds is 13. The van der Waals surface area contributed by atoms with E-state index >= 15 is 0 Å². The Kier molecular flexibility index (Phi) is 10.7. The number of carbonyl (C=O) groups is 2. The van der Waals surface area contributed by atoms with Crippen molar-refractivity contribution in [3.05, 3.63) is 88.9 Å². The number of hydrogen-bond donors (Lipinski definition) is 1. The van der Waals surface area contributed by atoms with Crippen molar-refractivity contribution in [2.24, 2.45) is 0 Å². The third-order valence-corrected chi connectivity index (χ3v) is 8.45. The lowest BCUT2D eigenvalue weighted by Crippen LogP contribution is -2.50. The zero-order valence-electron chi connectivity index (χ0n) is 23.8. The van der Waals surface area contributed by atoms with Crippen molar-refractivity contribution in [3.8, 4) is 11.5 Å². The second-order valence-corrected chi connectivity index (χ2v) is 12.3. The molecular formula is C31H36ClN3O6S. The normalized spacial score (nSPS) is 13.2. The summed E-state index contributed by atoms with van der Waals surface area (Å²) in [5, 5.41) is 3.36. The topological polar surface area (TPSA) is 105 Å². The zero-order valence-corrected chi connectivity index (χ0v) is 25.4. The molecule has 0 aromatic heterocycles. The minimum Gasteiger partial charge on any atom is -0.486 e. The molecule has 1 aliphatic heterocycles. The average Bonchev–Trinajstić information content (AvgIpc) is 2.97. The van der Waals surface area contributed by atoms with Crippen LogP contribution in [-0.2, 0) is 32.6 Å². The first-order valence-corrected chi connectivity index (χ1v) is 16.1. The van der Waals surface area contributed by atoms with Crippen molar-refractivity contribution in [3.63, 3.8) is 0 Å². The Morgan fingerprint density at radius 3 is 2.36 bits per heavy atom. The monoisotopic (exact) mass is 613 g/mol. The van der Waals surface area contributed by atoms with E-state index in [1.165, 1.54) is 4.31 Å². The van der Waals surface area contributed by atoms with Gasteiger partial charge in [-0.25, -0.2) is 8.42 Å². The van der Waals surface area contributed by atoms with Crippen LogP contribution in [0.2, 0.25) is 5.02 Å². The van der Waals surface area contributed by atoms with E-state index in [4.69, 9.17) is 21.1 Å². The second kappa shape index (κ2) is 14.4. The first kappa shape index (κ1) is 31.2. The van der Waals surface area contributed by atoms with Gasteiger partial charge in [0.2, 0.25) is 21.8 Å². The Morgan fingerprint density at radius 2 is 1.67 bits per heavy atom. The largest absolute Gasteiger partial charge is 0.486 e. The number of sulfonamides is 1. The molecule has 1 aliphatic rings. The van der Waals surface area contributed by atoms with Crippen LogP contribution in [0, 0.1) is 0 Å². The predicted octanol–water partition coefficient (Wildman–Crippen LogP) is 4.43. The summed E-state index contributed by atoms with van der Waals surface area (Å²) >= 11 is 6.46. The number of nitrogens with one attached hydrogen (secondary N) is 1. The number of hydrogen-bond acceptors (Lipinski definition) is 6. The lowest BCUT2D eigenvalue weighted by atomic mass is 10.0. The summed E-state index contributed by atoms with van der Waals surface area (Å²) in [5.41, 5.74) is 2.04. The molecule has 0 radical (unpaired) electrons. The van der Waals surface area contributed by atoms with E-state index in [9.17, 15) is 18.0 Å². The first-order chi connectivity index (χ1) is 20.2. The van der Waals surface area contributed by atoms with Gasteiger partial charge >= 0.3 is 0 Å². The molecule has 3 aromatic carbocycles. The van der Waals surface area contributed by atoms with Crippen LogP contribution in [0.25, 0.3) is 0 Å². The summed E-state index contributed by atoms with van der Waals surface area (Å²) in [6, 6.07) is 20.9. The number of fused-ring (bicyclic) bond motifs is 1. The highest BCUT2D eigenvalue weighted by atomic mass is 35.5. The van der Waals surface area contributed by atoms with E-state index in [0.29, 0.717) is 54.0 Å². The third-order valence-electron chi connectivity index (χ3n) is 6.89. The highest BCUT2D eigenvalue weighted by molar-refractivity contribution is 7.92. The third kappa shape index (κ3) is 8.17. The lowest BCUT2D eigenvalue weighted by Gasteiger charge is -2.32. The average molecular weight is 614 g/mol. The van der Waals surface area contributed by atoms with Gasteiger partial charge < -0.3 is 19.7 Å². The molecule has 0 bridgehead atoms. The summed E-state index contributed by atoms with van der Waals surface area (Å²) in [7, 11) is -3.66. The molecule has 0 aliphatic carbocycles. The summed E-state index contributed by atoms with van der Waals surface area (Å²) < 4.78 is 37.9. The zero-order chi connectivity index (χ0) is 30.1. The van der Waals surface area contributed by atoms with E-state index in [-0.39, 0.29) is 37.7 Å². The van der Waals surface area contributed by atoms with Gasteiger partial charge in [0.1, 0.15) is 19.3 Å². The number of likely N-dealkylation sites (N-methyl/N-ethyl adjacent to an activating group) is 1. The maximum absolute atomic E-state index is 13.9. The summed E-state index contributed by atoms with van der Waals surface area (Å²) in [6.07, 6.45) is 1.69. The number of halogens is 1. The molecule has 1 atom stereocenters. The Morgan fingerprint density at radius 1 is 0.976 bits per heavy atom. The van der Waals surface area contributed by atoms with Crippen molar-refractivity contribution in [2.45, 2.75) is 38.8 Å². The summed E-state index contributed by atoms with van der Waals surface area (Å²) in [4.78, 5) is 28.7. The van der Waals surface area contributed by atoms with E-state index in [1.54, 1.807) is 35.2 Å². The van der Waals surface area contributed by atoms with Gasteiger partial charge in [-0.1, -0.05) is 60.1 Å². The molecule has 2 amide bonds. The maximum atomic E-state index is 13.9. The maximum Gasteiger partial charge on any atom is 0.243 e. The minimum absolute atomic E-state index is 0.0196. The fourth-order valence-electron chi connectivity index (χ4n) is 4.85. The Bertz CT molecular complexity index is 1480. The van der Waals surface area contributed by atoms with Crippen molar-refractivity contribution >= 4 is 39.1 Å². The van der Waals surface area contributed by atoms with Crippen LogP contribution in [0.3, 0.4) is 0 Å². The SMILES string of the molecule is CCNC(=O)[C@@H](Cc1ccccc1)N(Cc1ccccc1Cl)C(=O)CCCN(c1ccc2c(c1)OCCO2)S(C)(=O)=O. The van der Waals surface area contributed by atoms with Crippen molar-refractivity contribution < 1.29 is 27.5 Å². The van der Waals surface area contributed by atoms with Crippen molar-refractivity contribution in [1.29, 1.82) is 0 Å². The van der Waals surface area contributed by atoms with E-state index in [2.05, 4.69) is 5.32 Å². The molecule has 42 heavy (non-hydrogen) atoms. The first-order valence-electron chi connectivity index (χ1n) is 13.9. The van der Waals surface area contributed by atoms with E-state index in [1.807, 2.05) is 49.4 Å². The van der Waals surface area contributed by atoms with Gasteiger partial charge in [-0.2, -0.15) is 0 Å². The standard InChI is InChI=1S/C31H36ClN3O6S/c1-3-33-31(37)27(20-23-10-5-4-6-11-23)34(22-24-12-7-8-13-26(24)32)30(36)14-9-17-35(42(2,38)39)25-15-16-28-29(21-25)41-19-18-40-28/h4-8,10-13,15-16,21,27H,3,9,14,17-20,22H2,1-2H3,(H,33,37)/t27-/m1/s1. The second-order valence-electron chi connectivity index (χ2n) is 9.98. The van der Waals surface area contributed by atoms with Crippen LogP contribution in [0.4, 0.5) is 5.69 Å². The van der Waals surface area contributed by atoms with Gasteiger partial charge in [-0.15, -0.1) is 0 Å². The quantitative estimate of drug-likeness (QED) is 0.306. The molecule has 0 spiro atoms. The van der Waals surface area contributed by atoms with Crippen LogP contribution in [-0.4, -0.2) is 63.7 Å². The fourth-order valence-corrected chi connectivity index (χ4v) is 6.00. The van der Waals surface area contributed by atoms with E-state index in [0.717, 1.165) is 11.8 Å². The molecular weight excluding hydrogens is 578 g/mol. The summed E-state index contributed by atoms with van der Waals surface area (Å²) in [5.74, 6) is 0.479. The van der Waals surface area contributed by atoms with Crippen LogP contribution >= 0.6 is 11.6 Å². The molecule has 0 saturated heterocycles. The highest BCUT2D eigenvalue weighted by Crippen LogP contribution is 2.35. The lowest BCUT2D eigenvalue weighted by molar-refractivity contribution is -0.141. The van der Waals surface area contributed by atoms with Crippen LogP contribution < -0.4 is 19.1 Å². The Hall–Kier alpha value is -3.76. The molecule has 4 rings (SSSR count). The summed E-state index contributed by atoms with van der Waals surface area (Å²) in [6.45, 7) is 3.24. The number of carbonyl (C=O) groups excluding carboxylic acids is 2. The number of nitrogens with zero attached hydrogens (tertiary/aromatic N) is 2. The minimum atomic E-state index is -3.66. The van der Waals surface area contributed by atoms with E-state index < -0.39 is 16.1 Å². The van der Waals surface area contributed by atoms with Crippen LogP contribution in [0.5, 0.6) is 11.5 Å². The molecule has 1 heterocycles. The van der Waals surface area contributed by atoms with Gasteiger partial charge in [0, 0.05) is 43.6 Å². The number of benzene rings is 3. The van der Waals surface area contributed by atoms with Crippen LogP contribution in [0.15, 0.2) is 72.8 Å². The van der Waals surface area contributed by atoms with Gasteiger partial charge in [-0.05, 0) is 42.7 Å². The van der Waals surface area contributed by atoms with Gasteiger partial charge in [0.05, 0.1) is 11.9 Å². The predicted molar refractivity (Wildman–Crippen MR) is 163 cm³/mol. The molecule has 9 nitrogen and oxygen atoms in total. The molecule has 0 unspecified atom stereocenters. The van der Waals surface area contributed by atoms with Gasteiger partial charge in [0.25, 0.3) is 0 Å². The molecule has 0 saturated carbocycles. The molecule has 224 valence electrons. The smallest absolute Gasteiger partial charge is 0.243 e. The number of ether oxygens (including phenoxy) is 2. The van der Waals surface area contributed by atoms with Crippen molar-refractivity contribution in [2.75, 3.05) is 36.9 Å². The van der Waals surface area contributed by atoms with Crippen molar-refractivity contribution in [1.82, 2.24) is 10.2 Å². The number of anilines is 1. The molecule has 0 fully saturated rings. The highest BCUT2D eigenvalue weighted by Gasteiger charge is 2.31. The Labute approximate surface area is 252 Å². The number of amides is 2. The molecule has 11 heteroatoms. The van der Waals surface area contributed by atoms with Gasteiger partial charge in [0.15, 0.2) is 11.5 Å². The Balaban J connectivity index is 1.56. The van der Waals surface area contributed by atoms with Crippen LogP contribution in [0.1, 0.15) is 30.9 Å². The molecule has 3 aromatic rings. The van der Waals surface area contributed by atoms with Gasteiger partial charge in [-0.3, -0.25) is 13.9 Å².